The SMILES string of the molecule is O=C(N1CCCCC(c2ccccc2)C1)C1(c2ccc(Cl)cc2)CCCC1. The average Bonchev–Trinajstić information content (AvgIpc) is 3.08. The van der Waals surface area contributed by atoms with E-state index in [1.807, 2.05) is 12.1 Å². The summed E-state index contributed by atoms with van der Waals surface area (Å²) in [5.74, 6) is 0.784. The highest BCUT2D eigenvalue weighted by Crippen LogP contribution is 2.43. The van der Waals surface area contributed by atoms with Crippen LogP contribution in [0.5, 0.6) is 0 Å². The van der Waals surface area contributed by atoms with E-state index >= 15 is 0 Å². The molecule has 0 radical (unpaired) electrons. The van der Waals surface area contributed by atoms with Crippen LogP contribution in [-0.2, 0) is 10.2 Å². The van der Waals surface area contributed by atoms with Crippen LogP contribution in [0.2, 0.25) is 5.02 Å². The summed E-state index contributed by atoms with van der Waals surface area (Å²) in [5.41, 5.74) is 2.16. The lowest BCUT2D eigenvalue weighted by atomic mass is 9.77. The highest BCUT2D eigenvalue weighted by atomic mass is 35.5. The fourth-order valence-corrected chi connectivity index (χ4v) is 5.13. The van der Waals surface area contributed by atoms with Gasteiger partial charge in [-0.25, -0.2) is 0 Å². The molecule has 1 aliphatic carbocycles. The van der Waals surface area contributed by atoms with Crippen molar-refractivity contribution in [3.05, 3.63) is 70.7 Å². The average molecular weight is 382 g/mol. The summed E-state index contributed by atoms with van der Waals surface area (Å²) in [6.45, 7) is 1.73. The molecule has 1 saturated heterocycles. The Labute approximate surface area is 167 Å². The number of carbonyl (C=O) groups is 1. The topological polar surface area (TPSA) is 20.3 Å². The molecule has 2 fully saturated rings. The maximum absolute atomic E-state index is 13.8. The van der Waals surface area contributed by atoms with E-state index in [0.29, 0.717) is 11.8 Å². The molecule has 2 nitrogen and oxygen atoms in total. The molecule has 1 atom stereocenters. The number of hydrogen-bond acceptors (Lipinski definition) is 1. The molecule has 0 N–H and O–H groups in total. The molecule has 2 aromatic carbocycles. The number of hydrogen-bond donors (Lipinski definition) is 0. The maximum Gasteiger partial charge on any atom is 0.233 e. The van der Waals surface area contributed by atoms with Crippen LogP contribution in [0.15, 0.2) is 54.6 Å². The first-order valence-electron chi connectivity index (χ1n) is 10.3. The normalized spacial score (nSPS) is 22.4. The van der Waals surface area contributed by atoms with Gasteiger partial charge in [0.15, 0.2) is 0 Å². The van der Waals surface area contributed by atoms with Gasteiger partial charge in [0.2, 0.25) is 5.91 Å². The Kier molecular flexibility index (Phi) is 5.54. The van der Waals surface area contributed by atoms with Gasteiger partial charge in [0.1, 0.15) is 0 Å². The summed E-state index contributed by atoms with van der Waals surface area (Å²) in [5, 5.41) is 0.735. The minimum atomic E-state index is -0.351. The van der Waals surface area contributed by atoms with E-state index in [1.165, 1.54) is 18.4 Å². The van der Waals surface area contributed by atoms with Gasteiger partial charge in [0.05, 0.1) is 5.41 Å². The number of carbonyl (C=O) groups excluding carboxylic acids is 1. The van der Waals surface area contributed by atoms with Crippen LogP contribution >= 0.6 is 11.6 Å². The molecular weight excluding hydrogens is 354 g/mol. The Bertz CT molecular complexity index is 765. The van der Waals surface area contributed by atoms with Crippen molar-refractivity contribution in [2.24, 2.45) is 0 Å². The zero-order chi connectivity index (χ0) is 18.7. The molecule has 1 heterocycles. The van der Waals surface area contributed by atoms with Crippen LogP contribution in [0.3, 0.4) is 0 Å². The predicted octanol–water partition coefficient (Wildman–Crippen LogP) is 5.95. The van der Waals surface area contributed by atoms with Gasteiger partial charge in [-0.3, -0.25) is 4.79 Å². The van der Waals surface area contributed by atoms with Gasteiger partial charge in [-0.15, -0.1) is 0 Å². The van der Waals surface area contributed by atoms with E-state index in [4.69, 9.17) is 11.6 Å². The first kappa shape index (κ1) is 18.6. The molecule has 1 aliphatic heterocycles. The standard InChI is InChI=1S/C24H28ClNO/c25-22-13-11-21(12-14-22)24(15-5-6-16-24)23(27)26-17-7-4-10-20(18-26)19-8-2-1-3-9-19/h1-3,8-9,11-14,20H,4-7,10,15-18H2. The van der Waals surface area contributed by atoms with Crippen molar-refractivity contribution >= 4 is 17.5 Å². The summed E-state index contributed by atoms with van der Waals surface area (Å²) >= 11 is 6.11. The van der Waals surface area contributed by atoms with Crippen LogP contribution in [0.25, 0.3) is 0 Å². The minimum Gasteiger partial charge on any atom is -0.341 e. The lowest BCUT2D eigenvalue weighted by Crippen LogP contribution is -2.46. The van der Waals surface area contributed by atoms with Crippen molar-refractivity contribution in [3.63, 3.8) is 0 Å². The monoisotopic (exact) mass is 381 g/mol. The van der Waals surface area contributed by atoms with Gasteiger partial charge < -0.3 is 4.90 Å². The Morgan fingerprint density at radius 2 is 1.63 bits per heavy atom. The first-order valence-corrected chi connectivity index (χ1v) is 10.7. The molecule has 1 saturated carbocycles. The van der Waals surface area contributed by atoms with Crippen LogP contribution in [0.1, 0.15) is 62.0 Å². The second-order valence-corrected chi connectivity index (χ2v) is 8.59. The summed E-state index contributed by atoms with van der Waals surface area (Å²) in [4.78, 5) is 16.0. The fourth-order valence-electron chi connectivity index (χ4n) is 5.00. The third kappa shape index (κ3) is 3.78. The van der Waals surface area contributed by atoms with Crippen molar-refractivity contribution in [1.82, 2.24) is 4.90 Å². The summed E-state index contributed by atoms with van der Waals surface area (Å²) in [7, 11) is 0. The lowest BCUT2D eigenvalue weighted by molar-refractivity contribution is -0.137. The molecule has 0 bridgehead atoms. The molecule has 0 spiro atoms. The predicted molar refractivity (Wildman–Crippen MR) is 111 cm³/mol. The third-order valence-corrected chi connectivity index (χ3v) is 6.74. The molecular formula is C24H28ClNO. The molecule has 27 heavy (non-hydrogen) atoms. The highest BCUT2D eigenvalue weighted by molar-refractivity contribution is 6.30. The van der Waals surface area contributed by atoms with Gasteiger partial charge in [-0.05, 0) is 48.9 Å². The second-order valence-electron chi connectivity index (χ2n) is 8.15. The Morgan fingerprint density at radius 3 is 2.33 bits per heavy atom. The zero-order valence-electron chi connectivity index (χ0n) is 15.9. The highest BCUT2D eigenvalue weighted by Gasteiger charge is 2.45. The Hall–Kier alpha value is -1.80. The van der Waals surface area contributed by atoms with E-state index < -0.39 is 0 Å². The fraction of sp³-hybridized carbons (Fsp3) is 0.458. The van der Waals surface area contributed by atoms with Gasteiger partial charge in [-0.1, -0.05) is 73.3 Å². The van der Waals surface area contributed by atoms with Crippen molar-refractivity contribution < 1.29 is 4.79 Å². The lowest BCUT2D eigenvalue weighted by Gasteiger charge is -2.35. The van der Waals surface area contributed by atoms with Crippen LogP contribution in [0, 0.1) is 0 Å². The Balaban J connectivity index is 1.61. The minimum absolute atomic E-state index is 0.338. The summed E-state index contributed by atoms with van der Waals surface area (Å²) in [6.07, 6.45) is 7.64. The van der Waals surface area contributed by atoms with Crippen molar-refractivity contribution in [2.45, 2.75) is 56.3 Å². The zero-order valence-corrected chi connectivity index (χ0v) is 16.6. The van der Waals surface area contributed by atoms with Crippen LogP contribution in [0.4, 0.5) is 0 Å². The maximum atomic E-state index is 13.8. The van der Waals surface area contributed by atoms with Crippen LogP contribution < -0.4 is 0 Å². The van der Waals surface area contributed by atoms with Crippen molar-refractivity contribution in [1.29, 1.82) is 0 Å². The number of nitrogens with zero attached hydrogens (tertiary/aromatic N) is 1. The number of rotatable bonds is 3. The van der Waals surface area contributed by atoms with E-state index in [-0.39, 0.29) is 5.41 Å². The molecule has 3 heteroatoms. The van der Waals surface area contributed by atoms with Gasteiger partial charge >= 0.3 is 0 Å². The van der Waals surface area contributed by atoms with Gasteiger partial charge in [0, 0.05) is 24.0 Å². The van der Waals surface area contributed by atoms with E-state index in [0.717, 1.165) is 55.8 Å². The second kappa shape index (κ2) is 8.06. The quantitative estimate of drug-likeness (QED) is 0.643. The van der Waals surface area contributed by atoms with E-state index in [9.17, 15) is 4.79 Å². The third-order valence-electron chi connectivity index (χ3n) is 6.49. The van der Waals surface area contributed by atoms with E-state index in [2.05, 4.69) is 47.4 Å². The smallest absolute Gasteiger partial charge is 0.233 e. The first-order chi connectivity index (χ1) is 13.2. The van der Waals surface area contributed by atoms with Crippen molar-refractivity contribution in [2.75, 3.05) is 13.1 Å². The number of benzene rings is 2. The van der Waals surface area contributed by atoms with Crippen LogP contribution in [-0.4, -0.2) is 23.9 Å². The Morgan fingerprint density at radius 1 is 0.926 bits per heavy atom. The van der Waals surface area contributed by atoms with Crippen molar-refractivity contribution in [3.8, 4) is 0 Å². The molecule has 142 valence electrons. The summed E-state index contributed by atoms with van der Waals surface area (Å²) in [6, 6.07) is 18.7. The molecule has 1 amide bonds. The number of likely N-dealkylation sites (tertiary alicyclic amines) is 1. The number of amides is 1. The van der Waals surface area contributed by atoms with Gasteiger partial charge in [0.25, 0.3) is 0 Å². The van der Waals surface area contributed by atoms with Gasteiger partial charge in [-0.2, -0.15) is 0 Å². The molecule has 4 rings (SSSR count). The van der Waals surface area contributed by atoms with E-state index in [1.54, 1.807) is 0 Å². The largest absolute Gasteiger partial charge is 0.341 e. The molecule has 1 unspecified atom stereocenters. The molecule has 2 aromatic rings. The molecule has 0 aromatic heterocycles. The molecule has 2 aliphatic rings. The number of halogens is 1. The summed E-state index contributed by atoms with van der Waals surface area (Å²) < 4.78 is 0.